The predicted molar refractivity (Wildman–Crippen MR) is 166 cm³/mol. The van der Waals surface area contributed by atoms with Gasteiger partial charge in [0.15, 0.2) is 11.5 Å². The first-order valence-electron chi connectivity index (χ1n) is 15.0. The number of nitriles is 1. The number of hydrogen-bond acceptors (Lipinski definition) is 5. The second-order valence-electron chi connectivity index (χ2n) is 12.4. The second kappa shape index (κ2) is 10.7. The summed E-state index contributed by atoms with van der Waals surface area (Å²) in [7, 11) is 0. The molecule has 2 saturated heterocycles. The highest BCUT2D eigenvalue weighted by molar-refractivity contribution is 6.43. The Hall–Kier alpha value is -3.29. The molecule has 2 aromatic carbocycles. The Morgan fingerprint density at radius 2 is 2.07 bits per heavy atom. The van der Waals surface area contributed by atoms with Gasteiger partial charge in [-0.3, -0.25) is 4.79 Å². The third-order valence-corrected chi connectivity index (χ3v) is 10.4. The molecule has 1 amide bonds. The third-order valence-electron chi connectivity index (χ3n) is 9.55. The minimum absolute atomic E-state index is 0.0160. The zero-order chi connectivity index (χ0) is 31.1. The van der Waals surface area contributed by atoms with Crippen molar-refractivity contribution in [2.45, 2.75) is 75.8 Å². The molecule has 2 aromatic heterocycles. The molecule has 4 fully saturated rings. The highest BCUT2D eigenvalue weighted by atomic mass is 35.5. The van der Waals surface area contributed by atoms with Crippen molar-refractivity contribution in [1.82, 2.24) is 20.2 Å². The molecule has 44 heavy (non-hydrogen) atoms. The van der Waals surface area contributed by atoms with Crippen molar-refractivity contribution in [2.24, 2.45) is 5.92 Å². The topological polar surface area (TPSA) is 103 Å². The molecule has 4 aromatic rings. The van der Waals surface area contributed by atoms with Gasteiger partial charge < -0.3 is 20.3 Å². The second-order valence-corrected chi connectivity index (χ2v) is 13.2. The molecule has 5 atom stereocenters. The summed E-state index contributed by atoms with van der Waals surface area (Å²) in [4.78, 5) is 17.5. The van der Waals surface area contributed by atoms with E-state index in [1.807, 2.05) is 19.1 Å². The minimum atomic E-state index is -1.84. The van der Waals surface area contributed by atoms with Crippen LogP contribution in [-0.2, 0) is 11.2 Å². The lowest BCUT2D eigenvalue weighted by Crippen LogP contribution is -2.41. The molecule has 2 saturated carbocycles. The summed E-state index contributed by atoms with van der Waals surface area (Å²) >= 11 is 12.9. The number of nitrogens with one attached hydrogen (secondary N) is 2. The average Bonchev–Trinajstić information content (AvgIpc) is 3.32. The normalized spacial score (nSPS) is 22.9. The molecule has 2 unspecified atom stereocenters. The van der Waals surface area contributed by atoms with E-state index in [1.54, 1.807) is 25.1 Å². The summed E-state index contributed by atoms with van der Waals surface area (Å²) in [6.07, 6.45) is 0.767. The van der Waals surface area contributed by atoms with Gasteiger partial charge in [0.05, 0.1) is 45.5 Å². The van der Waals surface area contributed by atoms with E-state index < -0.39 is 29.5 Å². The van der Waals surface area contributed by atoms with Crippen molar-refractivity contribution < 1.29 is 18.7 Å². The maximum Gasteiger partial charge on any atom is 0.258 e. The fraction of sp³-hybridized carbons (Fsp3) is 0.424. The van der Waals surface area contributed by atoms with Crippen molar-refractivity contribution in [1.29, 1.82) is 5.26 Å². The van der Waals surface area contributed by atoms with Crippen LogP contribution in [-0.4, -0.2) is 38.8 Å². The largest absolute Gasteiger partial charge is 0.387 e. The van der Waals surface area contributed by atoms with E-state index in [2.05, 4.69) is 21.3 Å². The van der Waals surface area contributed by atoms with Crippen molar-refractivity contribution in [3.05, 3.63) is 63.1 Å². The van der Waals surface area contributed by atoms with E-state index in [9.17, 15) is 19.6 Å². The van der Waals surface area contributed by atoms with Crippen molar-refractivity contribution in [3.63, 3.8) is 0 Å². The Kier molecular flexibility index (Phi) is 7.13. The Morgan fingerprint density at radius 1 is 1.30 bits per heavy atom. The summed E-state index contributed by atoms with van der Waals surface area (Å²) in [5.74, 6) is -0.941. The summed E-state index contributed by atoms with van der Waals surface area (Å²) in [6.45, 7) is 4.23. The van der Waals surface area contributed by atoms with Gasteiger partial charge in [0.2, 0.25) is 0 Å². The lowest BCUT2D eigenvalue weighted by atomic mass is 9.79. The monoisotopic (exact) mass is 637 g/mol. The smallest absolute Gasteiger partial charge is 0.258 e. The molecule has 3 N–H and O–H groups in total. The van der Waals surface area contributed by atoms with Crippen LogP contribution in [0, 0.1) is 23.1 Å². The fourth-order valence-electron chi connectivity index (χ4n) is 7.10. The van der Waals surface area contributed by atoms with E-state index in [-0.39, 0.29) is 58.9 Å². The number of alkyl halides is 1. The van der Waals surface area contributed by atoms with Gasteiger partial charge >= 0.3 is 0 Å². The number of aliphatic hydroxyl groups is 1. The average molecular weight is 639 g/mol. The maximum absolute atomic E-state index is 16.9. The van der Waals surface area contributed by atoms with Gasteiger partial charge in [-0.1, -0.05) is 35.3 Å². The SMILES string of the molecule is CC(O)c1nc2c(F)c(-c3cccc(Cl)c3Cl)c(CCC#N)cc2c2c1cc(C(C)NC(=O)C1(F)CC1)n2[C@H]1[C@H]2CN[C@@H]1C2. The molecule has 4 heterocycles. The number of rotatable bonds is 8. The van der Waals surface area contributed by atoms with Gasteiger partial charge in [-0.15, -0.1) is 0 Å². The number of aliphatic hydroxyl groups excluding tert-OH is 1. The van der Waals surface area contributed by atoms with Crippen LogP contribution in [0.4, 0.5) is 8.78 Å². The standard InChI is InChI=1S/C33H31Cl2F2N5O2/c1-15(40-32(44)33(37)8-9-33)24-13-21-28(16(2)43)41-29-20(31(21)42(24)30-18-12-23(30)39-14-18)11-17(5-4-10-38)25(27(29)36)19-6-3-7-22(34)26(19)35/h3,6-7,11,13,15-16,18,23,30,39,43H,4-5,8-9,12,14H2,1-2H3,(H,40,44)/t15?,16?,18-,23-,30+/m1/s1. The van der Waals surface area contributed by atoms with Gasteiger partial charge in [-0.2, -0.15) is 5.26 Å². The third kappa shape index (κ3) is 4.49. The number of hydrogen-bond donors (Lipinski definition) is 3. The van der Waals surface area contributed by atoms with Crippen molar-refractivity contribution >= 4 is 50.9 Å². The number of pyridine rings is 1. The first-order chi connectivity index (χ1) is 21.0. The molecule has 2 aliphatic carbocycles. The number of nitrogens with zero attached hydrogens (tertiary/aromatic N) is 3. The highest BCUT2D eigenvalue weighted by Crippen LogP contribution is 2.50. The molecule has 0 spiro atoms. The van der Waals surface area contributed by atoms with E-state index in [4.69, 9.17) is 28.2 Å². The van der Waals surface area contributed by atoms with Crippen molar-refractivity contribution in [3.8, 4) is 17.2 Å². The number of aryl methyl sites for hydroxylation is 1. The van der Waals surface area contributed by atoms with Crippen LogP contribution in [0.1, 0.15) is 74.7 Å². The highest BCUT2D eigenvalue weighted by Gasteiger charge is 2.52. The first-order valence-corrected chi connectivity index (χ1v) is 15.7. The molecular weight excluding hydrogens is 607 g/mol. The Bertz CT molecular complexity index is 1880. The lowest BCUT2D eigenvalue weighted by Gasteiger charge is -2.38. The number of carbonyl (C=O) groups is 1. The number of halogens is 4. The van der Waals surface area contributed by atoms with E-state index in [1.165, 1.54) is 0 Å². The van der Waals surface area contributed by atoms with Gasteiger partial charge in [-0.25, -0.2) is 13.8 Å². The molecule has 0 radical (unpaired) electrons. The van der Waals surface area contributed by atoms with Crippen LogP contribution in [0.15, 0.2) is 30.3 Å². The fourth-order valence-corrected chi connectivity index (χ4v) is 7.50. The van der Waals surface area contributed by atoms with Gasteiger partial charge in [-0.05, 0) is 69.2 Å². The van der Waals surface area contributed by atoms with Gasteiger partial charge in [0.1, 0.15) is 5.52 Å². The molecule has 2 bridgehead atoms. The Morgan fingerprint density at radius 3 is 2.70 bits per heavy atom. The summed E-state index contributed by atoms with van der Waals surface area (Å²) in [5, 5.41) is 28.4. The van der Waals surface area contributed by atoms with Crippen LogP contribution >= 0.6 is 23.2 Å². The minimum Gasteiger partial charge on any atom is -0.387 e. The van der Waals surface area contributed by atoms with E-state index in [0.29, 0.717) is 39.0 Å². The number of fused-ring (bicyclic) bond motifs is 4. The molecule has 11 heteroatoms. The van der Waals surface area contributed by atoms with Crippen LogP contribution in [0.2, 0.25) is 10.0 Å². The molecule has 7 nitrogen and oxygen atoms in total. The van der Waals surface area contributed by atoms with Gasteiger partial charge in [0, 0.05) is 46.6 Å². The summed E-state index contributed by atoms with van der Waals surface area (Å²) in [5.41, 5.74) is 1.12. The molecule has 2 aliphatic heterocycles. The zero-order valence-corrected chi connectivity index (χ0v) is 25.7. The molecule has 228 valence electrons. The van der Waals surface area contributed by atoms with Crippen LogP contribution in [0.3, 0.4) is 0 Å². The number of aromatic nitrogens is 2. The van der Waals surface area contributed by atoms with Crippen LogP contribution in [0.25, 0.3) is 32.9 Å². The zero-order valence-electron chi connectivity index (χ0n) is 24.2. The summed E-state index contributed by atoms with van der Waals surface area (Å²) < 4.78 is 33.8. The van der Waals surface area contributed by atoms with E-state index in [0.717, 1.165) is 18.7 Å². The number of benzene rings is 2. The Labute approximate surface area is 263 Å². The van der Waals surface area contributed by atoms with Crippen LogP contribution < -0.4 is 10.6 Å². The van der Waals surface area contributed by atoms with Crippen LogP contribution in [0.5, 0.6) is 0 Å². The molecule has 8 rings (SSSR count). The molecular formula is C33H31Cl2F2N5O2. The Balaban J connectivity index is 1.54. The lowest BCUT2D eigenvalue weighted by molar-refractivity contribution is -0.128. The van der Waals surface area contributed by atoms with Crippen molar-refractivity contribution in [2.75, 3.05) is 6.54 Å². The number of amides is 1. The first kappa shape index (κ1) is 29.4. The number of carbonyl (C=O) groups excluding carboxylic acids is 1. The summed E-state index contributed by atoms with van der Waals surface area (Å²) in [6, 6.07) is 10.5. The quantitative estimate of drug-likeness (QED) is 0.193. The molecule has 4 aliphatic rings. The predicted octanol–water partition coefficient (Wildman–Crippen LogP) is 7.02. The van der Waals surface area contributed by atoms with Gasteiger partial charge in [0.25, 0.3) is 5.91 Å². The maximum atomic E-state index is 16.9. The van der Waals surface area contributed by atoms with E-state index >= 15 is 4.39 Å².